The van der Waals surface area contributed by atoms with Crippen molar-refractivity contribution in [2.24, 2.45) is 5.10 Å². The molecule has 24 heavy (non-hydrogen) atoms. The van der Waals surface area contributed by atoms with Crippen LogP contribution in [0.5, 0.6) is 0 Å². The minimum atomic E-state index is -0.113. The van der Waals surface area contributed by atoms with E-state index in [0.717, 1.165) is 11.1 Å². The number of fused-ring (bicyclic) bond motifs is 4. The summed E-state index contributed by atoms with van der Waals surface area (Å²) in [6, 6.07) is 11.0. The average Bonchev–Trinajstić information content (AvgIpc) is 2.92. The van der Waals surface area contributed by atoms with E-state index < -0.39 is 0 Å². The second kappa shape index (κ2) is 4.91. The second-order valence-corrected chi connectivity index (χ2v) is 4.81. The molecule has 108 valence electrons. The minimum Gasteiger partial charge on any atom is -0.223 e. The molecular weight excluding hydrogens is 304 g/mol. The molecule has 0 bridgehead atoms. The van der Waals surface area contributed by atoms with Gasteiger partial charge in [0.15, 0.2) is 28.4 Å². The highest BCUT2D eigenvalue weighted by atomic mass is 15.2. The number of benzene rings is 1. The quantitative estimate of drug-likeness (QED) is 0.361. The van der Waals surface area contributed by atoms with Gasteiger partial charge in [0, 0.05) is 11.1 Å². The van der Waals surface area contributed by atoms with Crippen molar-refractivity contribution in [1.29, 1.82) is 10.5 Å². The van der Waals surface area contributed by atoms with Gasteiger partial charge in [-0.1, -0.05) is 24.3 Å². The van der Waals surface area contributed by atoms with Crippen LogP contribution in [0, 0.1) is 29.2 Å². The first kappa shape index (κ1) is 13.4. The highest BCUT2D eigenvalue weighted by Gasteiger charge is 2.31. The lowest BCUT2D eigenvalue weighted by Crippen LogP contribution is -2.05. The zero-order valence-corrected chi connectivity index (χ0v) is 11.9. The van der Waals surface area contributed by atoms with Crippen molar-refractivity contribution in [3.8, 4) is 23.4 Å². The smallest absolute Gasteiger partial charge is 0.199 e. The highest BCUT2D eigenvalue weighted by molar-refractivity contribution is 6.23. The molecule has 4 rings (SSSR count). The Balaban J connectivity index is 2.11. The Morgan fingerprint density at radius 2 is 1.46 bits per heavy atom. The lowest BCUT2D eigenvalue weighted by Gasteiger charge is -2.02. The number of hydrogen-bond acceptors (Lipinski definition) is 7. The molecule has 0 unspecified atom stereocenters. The Labute approximate surface area is 135 Å². The van der Waals surface area contributed by atoms with E-state index in [-0.39, 0.29) is 22.7 Å². The van der Waals surface area contributed by atoms with Gasteiger partial charge in [-0.15, -0.1) is 4.95 Å². The molecule has 1 aromatic carbocycles. The Hall–Kier alpha value is -4.22. The molecule has 0 spiro atoms. The molecule has 0 saturated heterocycles. The van der Waals surface area contributed by atoms with Crippen LogP contribution in [-0.4, -0.2) is 25.6 Å². The van der Waals surface area contributed by atoms with Gasteiger partial charge in [-0.3, -0.25) is 0 Å². The van der Waals surface area contributed by atoms with Gasteiger partial charge in [-0.25, -0.2) is 19.9 Å². The molecule has 0 N–H and O–H groups in total. The molecule has 8 nitrogen and oxygen atoms in total. The van der Waals surface area contributed by atoms with E-state index in [1.165, 1.54) is 0 Å². The van der Waals surface area contributed by atoms with Gasteiger partial charge in [-0.05, 0) is 0 Å². The fourth-order valence-corrected chi connectivity index (χ4v) is 2.57. The van der Waals surface area contributed by atoms with Gasteiger partial charge in [0.05, 0.1) is 5.10 Å². The lowest BCUT2D eigenvalue weighted by molar-refractivity contribution is 1.11. The van der Waals surface area contributed by atoms with Crippen molar-refractivity contribution in [1.82, 2.24) is 19.9 Å². The van der Waals surface area contributed by atoms with Crippen molar-refractivity contribution < 1.29 is 0 Å². The molecule has 0 saturated carbocycles. The maximum Gasteiger partial charge on any atom is 0.199 e. The monoisotopic (exact) mass is 308 g/mol. The standard InChI is InChI=1S/C16H4N8/c1-19-24-13-9-5-3-2-4-8(9)12-14(13)23-16-15(22-12)20-10(6-17)11(7-18)21-16/h2-5H/b24-13-. The number of rotatable bonds is 0. The summed E-state index contributed by atoms with van der Waals surface area (Å²) in [6.07, 6.45) is 0. The third-order valence-corrected chi connectivity index (χ3v) is 3.54. The molecule has 8 heteroatoms. The summed E-state index contributed by atoms with van der Waals surface area (Å²) in [5.74, 6) is 0. The van der Waals surface area contributed by atoms with Gasteiger partial charge >= 0.3 is 0 Å². The summed E-state index contributed by atoms with van der Waals surface area (Å²) >= 11 is 0. The Morgan fingerprint density at radius 1 is 0.875 bits per heavy atom. The molecule has 0 aliphatic heterocycles. The predicted octanol–water partition coefficient (Wildman–Crippen LogP) is 1.82. The number of hydrogen-bond donors (Lipinski definition) is 0. The van der Waals surface area contributed by atoms with E-state index in [1.54, 1.807) is 0 Å². The summed E-state index contributed by atoms with van der Waals surface area (Å²) in [5.41, 5.74) is 2.99. The van der Waals surface area contributed by atoms with Gasteiger partial charge < -0.3 is 0 Å². The molecule has 2 heterocycles. The second-order valence-electron chi connectivity index (χ2n) is 4.81. The van der Waals surface area contributed by atoms with Gasteiger partial charge in [0.2, 0.25) is 0 Å². The maximum absolute atomic E-state index is 9.07. The average molecular weight is 308 g/mol. The van der Waals surface area contributed by atoms with Crippen molar-refractivity contribution in [3.63, 3.8) is 0 Å². The summed E-state index contributed by atoms with van der Waals surface area (Å²) in [4.78, 5) is 20.0. The van der Waals surface area contributed by atoms with Gasteiger partial charge in [0.1, 0.15) is 23.5 Å². The molecule has 0 fully saturated rings. The molecule has 2 aromatic heterocycles. The van der Waals surface area contributed by atoms with Crippen LogP contribution in [-0.2, 0) is 0 Å². The Bertz CT molecular complexity index is 1190. The van der Waals surface area contributed by atoms with E-state index in [1.807, 2.05) is 36.4 Å². The zero-order chi connectivity index (χ0) is 16.7. The first-order valence-electron chi connectivity index (χ1n) is 6.71. The molecule has 1 aliphatic carbocycles. The van der Waals surface area contributed by atoms with Crippen LogP contribution in [0.4, 0.5) is 0 Å². The maximum atomic E-state index is 9.07. The largest absolute Gasteiger partial charge is 0.223 e. The first-order chi connectivity index (χ1) is 11.8. The van der Waals surface area contributed by atoms with Crippen LogP contribution in [0.3, 0.4) is 0 Å². The molecule has 0 radical (unpaired) electrons. The molecule has 0 atom stereocenters. The number of nitriles is 2. The van der Waals surface area contributed by atoms with Crippen molar-refractivity contribution in [2.45, 2.75) is 0 Å². The van der Waals surface area contributed by atoms with E-state index >= 15 is 0 Å². The molecular formula is C16H4N8. The third kappa shape index (κ3) is 1.73. The SMILES string of the molecule is [C-]#[N+]/N=C1/c2ccccc2-c2nc3nc(C#N)c(C#N)nc3nc21. The lowest BCUT2D eigenvalue weighted by atomic mass is 10.1. The van der Waals surface area contributed by atoms with Crippen molar-refractivity contribution in [3.05, 3.63) is 58.4 Å². The fraction of sp³-hybridized carbons (Fsp3) is 0. The van der Waals surface area contributed by atoms with Crippen LogP contribution in [0.2, 0.25) is 0 Å². The van der Waals surface area contributed by atoms with E-state index in [0.29, 0.717) is 17.1 Å². The Morgan fingerprint density at radius 3 is 2.04 bits per heavy atom. The van der Waals surface area contributed by atoms with Crippen LogP contribution < -0.4 is 0 Å². The number of aromatic nitrogens is 4. The van der Waals surface area contributed by atoms with Gasteiger partial charge in [0.25, 0.3) is 0 Å². The summed E-state index contributed by atoms with van der Waals surface area (Å²) in [5, 5.41) is 22.0. The minimum absolute atomic E-state index is 0.0967. The molecule has 0 amide bonds. The third-order valence-electron chi connectivity index (χ3n) is 3.54. The first-order valence-corrected chi connectivity index (χ1v) is 6.71. The van der Waals surface area contributed by atoms with Crippen molar-refractivity contribution >= 4 is 17.0 Å². The van der Waals surface area contributed by atoms with E-state index in [2.05, 4.69) is 30.0 Å². The van der Waals surface area contributed by atoms with Crippen LogP contribution >= 0.6 is 0 Å². The fourth-order valence-electron chi connectivity index (χ4n) is 2.57. The van der Waals surface area contributed by atoms with E-state index in [9.17, 15) is 0 Å². The summed E-state index contributed by atoms with van der Waals surface area (Å²) in [7, 11) is 0. The number of nitrogens with zero attached hydrogens (tertiary/aromatic N) is 8. The Kier molecular flexibility index (Phi) is 2.75. The van der Waals surface area contributed by atoms with Gasteiger partial charge in [-0.2, -0.15) is 17.1 Å². The zero-order valence-electron chi connectivity index (χ0n) is 11.9. The molecule has 3 aromatic rings. The predicted molar refractivity (Wildman–Crippen MR) is 82.2 cm³/mol. The normalized spacial score (nSPS) is 13.0. The van der Waals surface area contributed by atoms with Crippen LogP contribution in [0.15, 0.2) is 29.4 Å². The van der Waals surface area contributed by atoms with Crippen molar-refractivity contribution in [2.75, 3.05) is 0 Å². The summed E-state index contributed by atoms with van der Waals surface area (Å²) < 4.78 is 0. The van der Waals surface area contributed by atoms with Crippen LogP contribution in [0.1, 0.15) is 22.6 Å². The van der Waals surface area contributed by atoms with E-state index in [4.69, 9.17) is 17.1 Å². The summed E-state index contributed by atoms with van der Waals surface area (Å²) in [6.45, 7) is 7.01. The topological polar surface area (TPSA) is 116 Å². The molecule has 1 aliphatic rings. The van der Waals surface area contributed by atoms with Crippen LogP contribution in [0.25, 0.3) is 27.5 Å². The highest BCUT2D eigenvalue weighted by Crippen LogP contribution is 2.35.